The average molecular weight is 312 g/mol. The number of hydrogen-bond donors (Lipinski definition) is 2. The molecule has 0 aliphatic carbocycles. The number of rotatable bonds is 2. The third kappa shape index (κ3) is 3.65. The molecule has 0 saturated carbocycles. The molecule has 0 unspecified atom stereocenters. The summed E-state index contributed by atoms with van der Waals surface area (Å²) in [6.45, 7) is 1.80. The summed E-state index contributed by atoms with van der Waals surface area (Å²) in [6, 6.07) is 9.26. The fraction of sp³-hybridized carbons (Fsp3) is 0.353. The van der Waals surface area contributed by atoms with E-state index in [1.165, 1.54) is 0 Å². The zero-order chi connectivity index (χ0) is 16.2. The van der Waals surface area contributed by atoms with E-state index in [0.29, 0.717) is 11.2 Å². The second-order valence-electron chi connectivity index (χ2n) is 5.91. The molecule has 3 rings (SSSR count). The molecule has 2 amide bonds. The first kappa shape index (κ1) is 15.4. The lowest BCUT2D eigenvalue weighted by atomic mass is 10.1. The van der Waals surface area contributed by atoms with Crippen molar-refractivity contribution in [2.75, 3.05) is 25.5 Å². The van der Waals surface area contributed by atoms with Gasteiger partial charge in [0, 0.05) is 24.2 Å². The number of nitrogens with one attached hydrogen (secondary N) is 2. The Morgan fingerprint density at radius 3 is 2.87 bits per heavy atom. The largest absolute Gasteiger partial charge is 0.344 e. The summed E-state index contributed by atoms with van der Waals surface area (Å²) >= 11 is 0. The lowest BCUT2D eigenvalue weighted by Crippen LogP contribution is -2.49. The molecule has 1 aliphatic heterocycles. The quantitative estimate of drug-likeness (QED) is 0.822. The highest BCUT2D eigenvalue weighted by molar-refractivity contribution is 6.40. The van der Waals surface area contributed by atoms with Crippen LogP contribution in [0.1, 0.15) is 12.8 Å². The number of benzene rings is 1. The molecule has 1 aliphatic rings. The van der Waals surface area contributed by atoms with E-state index in [2.05, 4.69) is 20.5 Å². The first-order valence-electron chi connectivity index (χ1n) is 7.77. The summed E-state index contributed by atoms with van der Waals surface area (Å²) in [4.78, 5) is 30.7. The van der Waals surface area contributed by atoms with E-state index in [1.54, 1.807) is 12.3 Å². The van der Waals surface area contributed by atoms with Crippen LogP contribution < -0.4 is 10.6 Å². The number of hydrogen-bond acceptors (Lipinski definition) is 4. The minimum atomic E-state index is -0.656. The van der Waals surface area contributed by atoms with E-state index in [0.717, 1.165) is 31.3 Å². The number of likely N-dealkylation sites (tertiary alicyclic amines) is 1. The Hall–Kier alpha value is -2.47. The molecule has 0 bridgehead atoms. The summed E-state index contributed by atoms with van der Waals surface area (Å²) in [6.07, 6.45) is 3.59. The van der Waals surface area contributed by atoms with Crippen LogP contribution in [0.4, 0.5) is 5.69 Å². The van der Waals surface area contributed by atoms with Crippen LogP contribution in [-0.2, 0) is 9.59 Å². The number of amides is 2. The fourth-order valence-electron chi connectivity index (χ4n) is 2.92. The monoisotopic (exact) mass is 312 g/mol. The Bertz CT molecular complexity index is 726. The predicted octanol–water partition coefficient (Wildman–Crippen LogP) is 1.38. The van der Waals surface area contributed by atoms with Gasteiger partial charge in [-0.1, -0.05) is 18.2 Å². The minimum absolute atomic E-state index is 0.0256. The fourth-order valence-corrected chi connectivity index (χ4v) is 2.92. The number of para-hydroxylation sites is 1. The maximum atomic E-state index is 12.1. The minimum Gasteiger partial charge on any atom is -0.344 e. The van der Waals surface area contributed by atoms with E-state index in [9.17, 15) is 9.59 Å². The molecule has 6 nitrogen and oxygen atoms in total. The summed E-state index contributed by atoms with van der Waals surface area (Å²) in [5.41, 5.74) is 1.22. The number of fused-ring (bicyclic) bond motifs is 1. The number of nitrogens with zero attached hydrogens (tertiary/aromatic N) is 2. The van der Waals surface area contributed by atoms with Gasteiger partial charge in [-0.2, -0.15) is 0 Å². The Kier molecular flexibility index (Phi) is 4.52. The number of pyridine rings is 1. The number of carbonyl (C=O) groups excluding carboxylic acids is 2. The van der Waals surface area contributed by atoms with Gasteiger partial charge in [-0.3, -0.25) is 14.6 Å². The van der Waals surface area contributed by atoms with Crippen LogP contribution in [0.2, 0.25) is 0 Å². The van der Waals surface area contributed by atoms with Gasteiger partial charge in [0.2, 0.25) is 0 Å². The Labute approximate surface area is 134 Å². The first-order chi connectivity index (χ1) is 11.1. The number of carbonyl (C=O) groups is 2. The van der Waals surface area contributed by atoms with E-state index in [1.807, 2.05) is 31.3 Å². The van der Waals surface area contributed by atoms with Gasteiger partial charge in [0.1, 0.15) is 0 Å². The van der Waals surface area contributed by atoms with Gasteiger partial charge in [-0.25, -0.2) is 0 Å². The van der Waals surface area contributed by atoms with E-state index in [4.69, 9.17) is 0 Å². The van der Waals surface area contributed by atoms with Crippen molar-refractivity contribution in [3.63, 3.8) is 0 Å². The molecule has 1 saturated heterocycles. The number of likely N-dealkylation sites (N-methyl/N-ethyl adjacent to an activating group) is 1. The lowest BCUT2D eigenvalue weighted by molar-refractivity contribution is -0.136. The molecule has 0 radical (unpaired) electrons. The van der Waals surface area contributed by atoms with Gasteiger partial charge < -0.3 is 15.5 Å². The molecule has 0 spiro atoms. The van der Waals surface area contributed by atoms with Crippen molar-refractivity contribution >= 4 is 28.4 Å². The van der Waals surface area contributed by atoms with Gasteiger partial charge in [0.15, 0.2) is 0 Å². The second-order valence-corrected chi connectivity index (χ2v) is 5.91. The van der Waals surface area contributed by atoms with Crippen molar-refractivity contribution in [2.24, 2.45) is 0 Å². The summed E-state index contributed by atoms with van der Waals surface area (Å²) in [7, 11) is 2.01. The van der Waals surface area contributed by atoms with Crippen molar-refractivity contribution in [2.45, 2.75) is 18.9 Å². The molecule has 1 aromatic heterocycles. The zero-order valence-electron chi connectivity index (χ0n) is 13.1. The molecule has 2 aromatic rings. The van der Waals surface area contributed by atoms with Crippen molar-refractivity contribution in [1.29, 1.82) is 0 Å². The zero-order valence-corrected chi connectivity index (χ0v) is 13.1. The summed E-state index contributed by atoms with van der Waals surface area (Å²) < 4.78 is 0. The number of piperidine rings is 1. The van der Waals surface area contributed by atoms with Crippen LogP contribution in [-0.4, -0.2) is 47.9 Å². The molecule has 2 heterocycles. The smallest absolute Gasteiger partial charge is 0.313 e. The summed E-state index contributed by atoms with van der Waals surface area (Å²) in [5.74, 6) is -1.25. The van der Waals surface area contributed by atoms with E-state index >= 15 is 0 Å². The maximum absolute atomic E-state index is 12.1. The van der Waals surface area contributed by atoms with Crippen molar-refractivity contribution < 1.29 is 9.59 Å². The predicted molar refractivity (Wildman–Crippen MR) is 89.0 cm³/mol. The molecule has 23 heavy (non-hydrogen) atoms. The SMILES string of the molecule is CN1CCC[C@@H](NC(=O)C(=O)Nc2cccc3cccnc23)C1. The van der Waals surface area contributed by atoms with Gasteiger partial charge in [-0.05, 0) is 38.6 Å². The maximum Gasteiger partial charge on any atom is 0.313 e. The highest BCUT2D eigenvalue weighted by Gasteiger charge is 2.22. The topological polar surface area (TPSA) is 74.3 Å². The Morgan fingerprint density at radius 1 is 1.22 bits per heavy atom. The van der Waals surface area contributed by atoms with Gasteiger partial charge in [-0.15, -0.1) is 0 Å². The van der Waals surface area contributed by atoms with E-state index in [-0.39, 0.29) is 6.04 Å². The molecule has 1 atom stereocenters. The highest BCUT2D eigenvalue weighted by atomic mass is 16.2. The van der Waals surface area contributed by atoms with Crippen LogP contribution in [0, 0.1) is 0 Å². The van der Waals surface area contributed by atoms with Crippen molar-refractivity contribution in [3.05, 3.63) is 36.5 Å². The van der Waals surface area contributed by atoms with Gasteiger partial charge >= 0.3 is 11.8 Å². The van der Waals surface area contributed by atoms with Crippen LogP contribution in [0.25, 0.3) is 10.9 Å². The highest BCUT2D eigenvalue weighted by Crippen LogP contribution is 2.20. The molecule has 120 valence electrons. The van der Waals surface area contributed by atoms with Gasteiger partial charge in [0.05, 0.1) is 11.2 Å². The molecule has 1 fully saturated rings. The molecule has 1 aromatic carbocycles. The third-order valence-corrected chi connectivity index (χ3v) is 4.05. The molecule has 2 N–H and O–H groups in total. The van der Waals surface area contributed by atoms with Crippen molar-refractivity contribution in [3.8, 4) is 0 Å². The van der Waals surface area contributed by atoms with Crippen LogP contribution in [0.15, 0.2) is 36.5 Å². The average Bonchev–Trinajstić information content (AvgIpc) is 2.55. The van der Waals surface area contributed by atoms with E-state index < -0.39 is 11.8 Å². The lowest BCUT2D eigenvalue weighted by Gasteiger charge is -2.29. The normalized spacial score (nSPS) is 18.6. The van der Waals surface area contributed by atoms with Crippen LogP contribution in [0.3, 0.4) is 0 Å². The third-order valence-electron chi connectivity index (χ3n) is 4.05. The van der Waals surface area contributed by atoms with Gasteiger partial charge in [0.25, 0.3) is 0 Å². The number of aromatic nitrogens is 1. The van der Waals surface area contributed by atoms with Crippen LogP contribution in [0.5, 0.6) is 0 Å². The number of anilines is 1. The Morgan fingerprint density at radius 2 is 2.04 bits per heavy atom. The molecular weight excluding hydrogens is 292 g/mol. The summed E-state index contributed by atoms with van der Waals surface area (Å²) in [5, 5.41) is 6.38. The van der Waals surface area contributed by atoms with Crippen molar-refractivity contribution in [1.82, 2.24) is 15.2 Å². The second kappa shape index (κ2) is 6.75. The Balaban J connectivity index is 1.67. The molecular formula is C17H20N4O2. The molecule has 6 heteroatoms. The standard InChI is InChI=1S/C17H20N4O2/c1-21-10-4-7-13(11-21)19-16(22)17(23)20-14-8-2-5-12-6-3-9-18-15(12)14/h2-3,5-6,8-9,13H,4,7,10-11H2,1H3,(H,19,22)(H,20,23)/t13-/m1/s1. The first-order valence-corrected chi connectivity index (χ1v) is 7.77. The van der Waals surface area contributed by atoms with Crippen LogP contribution >= 0.6 is 0 Å².